The zero-order valence-corrected chi connectivity index (χ0v) is 12.3. The standard InChI is InChI=1S/C15H9IO4/c16-8-5-6-12(17)11(7-8)15(20)13(18)9-3-1-2-4-10(9)14(15)19/h1-7,17,20H. The van der Waals surface area contributed by atoms with Gasteiger partial charge in [0.15, 0.2) is 0 Å². The lowest BCUT2D eigenvalue weighted by molar-refractivity contribution is 0.0312. The van der Waals surface area contributed by atoms with Crippen molar-refractivity contribution in [2.45, 2.75) is 5.60 Å². The maximum absolute atomic E-state index is 12.4. The van der Waals surface area contributed by atoms with E-state index in [1.54, 1.807) is 18.2 Å². The number of phenolic OH excluding ortho intramolecular Hbond substituents is 1. The van der Waals surface area contributed by atoms with Crippen LogP contribution in [-0.4, -0.2) is 21.8 Å². The second-order valence-electron chi connectivity index (χ2n) is 4.58. The van der Waals surface area contributed by atoms with E-state index in [1.165, 1.54) is 24.3 Å². The van der Waals surface area contributed by atoms with Crippen molar-refractivity contribution in [2.24, 2.45) is 0 Å². The number of halogens is 1. The van der Waals surface area contributed by atoms with Gasteiger partial charge in [-0.25, -0.2) is 0 Å². The van der Waals surface area contributed by atoms with Crippen molar-refractivity contribution in [1.29, 1.82) is 0 Å². The fraction of sp³-hybridized carbons (Fsp3) is 0.0667. The molecule has 2 aromatic carbocycles. The number of fused-ring (bicyclic) bond motifs is 1. The van der Waals surface area contributed by atoms with Crippen LogP contribution in [0.3, 0.4) is 0 Å². The van der Waals surface area contributed by atoms with Crippen LogP contribution in [0, 0.1) is 3.57 Å². The number of aromatic hydroxyl groups is 1. The molecule has 3 rings (SSSR count). The molecule has 0 radical (unpaired) electrons. The average Bonchev–Trinajstić information content (AvgIpc) is 2.65. The van der Waals surface area contributed by atoms with Crippen LogP contribution in [0.4, 0.5) is 0 Å². The van der Waals surface area contributed by atoms with E-state index in [4.69, 9.17) is 0 Å². The molecule has 0 unspecified atom stereocenters. The third-order valence-corrected chi connectivity index (χ3v) is 4.09. The SMILES string of the molecule is O=C1c2ccccc2C(=O)C1(O)c1cc(I)ccc1O. The van der Waals surface area contributed by atoms with Gasteiger partial charge in [-0.2, -0.15) is 0 Å². The first-order valence-corrected chi connectivity index (χ1v) is 6.94. The number of benzene rings is 2. The van der Waals surface area contributed by atoms with Crippen LogP contribution >= 0.6 is 22.6 Å². The second kappa shape index (κ2) is 4.39. The van der Waals surface area contributed by atoms with Gasteiger partial charge in [-0.3, -0.25) is 9.59 Å². The van der Waals surface area contributed by atoms with E-state index in [9.17, 15) is 19.8 Å². The lowest BCUT2D eigenvalue weighted by Gasteiger charge is -2.20. The Morgan fingerprint density at radius 3 is 2.05 bits per heavy atom. The second-order valence-corrected chi connectivity index (χ2v) is 5.82. The van der Waals surface area contributed by atoms with Gasteiger partial charge < -0.3 is 10.2 Å². The minimum atomic E-state index is -2.34. The van der Waals surface area contributed by atoms with Crippen molar-refractivity contribution >= 4 is 34.2 Å². The summed E-state index contributed by atoms with van der Waals surface area (Å²) in [4.78, 5) is 24.8. The molecule has 0 atom stereocenters. The summed E-state index contributed by atoms with van der Waals surface area (Å²) in [6.45, 7) is 0. The molecule has 0 saturated heterocycles. The molecule has 1 aliphatic rings. The number of ketones is 2. The molecule has 0 amide bonds. The Morgan fingerprint density at radius 2 is 1.50 bits per heavy atom. The summed E-state index contributed by atoms with van der Waals surface area (Å²) in [6, 6.07) is 10.7. The lowest BCUT2D eigenvalue weighted by atomic mass is 9.88. The third-order valence-electron chi connectivity index (χ3n) is 3.42. The number of hydrogen-bond acceptors (Lipinski definition) is 4. The highest BCUT2D eigenvalue weighted by atomic mass is 127. The molecule has 0 aliphatic heterocycles. The van der Waals surface area contributed by atoms with E-state index in [2.05, 4.69) is 0 Å². The van der Waals surface area contributed by atoms with E-state index < -0.39 is 17.2 Å². The Hall–Kier alpha value is -1.73. The Kier molecular flexibility index (Phi) is 2.91. The van der Waals surface area contributed by atoms with Crippen molar-refractivity contribution in [2.75, 3.05) is 0 Å². The van der Waals surface area contributed by atoms with E-state index >= 15 is 0 Å². The lowest BCUT2D eigenvalue weighted by Crippen LogP contribution is -2.38. The highest BCUT2D eigenvalue weighted by Gasteiger charge is 2.54. The molecular weight excluding hydrogens is 371 g/mol. The highest BCUT2D eigenvalue weighted by Crippen LogP contribution is 2.41. The summed E-state index contributed by atoms with van der Waals surface area (Å²) in [5, 5.41) is 20.6. The van der Waals surface area contributed by atoms with Crippen molar-refractivity contribution < 1.29 is 19.8 Å². The Bertz CT molecular complexity index is 716. The Balaban J connectivity index is 2.27. The molecule has 0 heterocycles. The van der Waals surface area contributed by atoms with E-state index in [-0.39, 0.29) is 22.4 Å². The topological polar surface area (TPSA) is 74.6 Å². The number of carbonyl (C=O) groups excluding carboxylic acids is 2. The van der Waals surface area contributed by atoms with E-state index in [1.807, 2.05) is 22.6 Å². The molecule has 1 aliphatic carbocycles. The average molecular weight is 380 g/mol. The molecule has 100 valence electrons. The normalized spacial score (nSPS) is 16.3. The molecule has 20 heavy (non-hydrogen) atoms. The fourth-order valence-corrected chi connectivity index (χ4v) is 2.91. The molecule has 2 aromatic rings. The minimum Gasteiger partial charge on any atom is -0.508 e. The molecule has 0 saturated carbocycles. The summed E-state index contributed by atoms with van der Waals surface area (Å²) in [6.07, 6.45) is 0. The largest absolute Gasteiger partial charge is 0.508 e. The first-order chi connectivity index (χ1) is 9.46. The molecule has 0 bridgehead atoms. The quantitative estimate of drug-likeness (QED) is 0.588. The predicted molar refractivity (Wildman–Crippen MR) is 79.8 cm³/mol. The van der Waals surface area contributed by atoms with Crippen molar-refractivity contribution in [3.8, 4) is 5.75 Å². The van der Waals surface area contributed by atoms with Crippen LogP contribution < -0.4 is 0 Å². The number of carbonyl (C=O) groups is 2. The van der Waals surface area contributed by atoms with Crippen LogP contribution in [0.15, 0.2) is 42.5 Å². The molecule has 2 N–H and O–H groups in total. The first kappa shape index (κ1) is 13.3. The van der Waals surface area contributed by atoms with Crippen LogP contribution in [-0.2, 0) is 5.60 Å². The highest BCUT2D eigenvalue weighted by molar-refractivity contribution is 14.1. The smallest absolute Gasteiger partial charge is 0.220 e. The summed E-state index contributed by atoms with van der Waals surface area (Å²) in [5.41, 5.74) is -2.05. The fourth-order valence-electron chi connectivity index (χ4n) is 2.41. The summed E-state index contributed by atoms with van der Waals surface area (Å²) >= 11 is 1.98. The Labute approximate surface area is 128 Å². The summed E-state index contributed by atoms with van der Waals surface area (Å²) in [7, 11) is 0. The number of Topliss-reactive ketones (excluding diaryl/α,β-unsaturated/α-hetero) is 2. The molecule has 0 fully saturated rings. The summed E-state index contributed by atoms with van der Waals surface area (Å²) in [5.74, 6) is -1.67. The number of hydrogen-bond donors (Lipinski definition) is 2. The Morgan fingerprint density at radius 1 is 0.950 bits per heavy atom. The predicted octanol–water partition coefficient (Wildman–Crippen LogP) is 2.26. The van der Waals surface area contributed by atoms with Gasteiger partial charge in [-0.15, -0.1) is 0 Å². The van der Waals surface area contributed by atoms with Crippen molar-refractivity contribution in [1.82, 2.24) is 0 Å². The van der Waals surface area contributed by atoms with Gasteiger partial charge in [0.2, 0.25) is 17.2 Å². The van der Waals surface area contributed by atoms with Crippen molar-refractivity contribution in [3.05, 3.63) is 62.7 Å². The maximum atomic E-state index is 12.4. The number of rotatable bonds is 1. The van der Waals surface area contributed by atoms with Gasteiger partial charge in [0.1, 0.15) is 5.75 Å². The van der Waals surface area contributed by atoms with Crippen LogP contribution in [0.25, 0.3) is 0 Å². The zero-order chi connectivity index (χ0) is 14.5. The molecule has 5 heteroatoms. The molecule has 0 spiro atoms. The van der Waals surface area contributed by atoms with Gasteiger partial charge in [0.05, 0.1) is 0 Å². The number of aliphatic hydroxyl groups is 1. The van der Waals surface area contributed by atoms with Crippen molar-refractivity contribution in [3.63, 3.8) is 0 Å². The van der Waals surface area contributed by atoms with Gasteiger partial charge in [-0.1, -0.05) is 24.3 Å². The van der Waals surface area contributed by atoms with Crippen LogP contribution in [0.1, 0.15) is 26.3 Å². The first-order valence-electron chi connectivity index (χ1n) is 5.86. The molecule has 0 aromatic heterocycles. The van der Waals surface area contributed by atoms with Crippen LogP contribution in [0.5, 0.6) is 5.75 Å². The van der Waals surface area contributed by atoms with Gasteiger partial charge in [0, 0.05) is 20.3 Å². The molecule has 4 nitrogen and oxygen atoms in total. The summed E-state index contributed by atoms with van der Waals surface area (Å²) < 4.78 is 0.709. The van der Waals surface area contributed by atoms with Gasteiger partial charge in [0.25, 0.3) is 0 Å². The zero-order valence-electron chi connectivity index (χ0n) is 10.1. The molecular formula is C15H9IO4. The minimum absolute atomic E-state index is 0.0735. The maximum Gasteiger partial charge on any atom is 0.220 e. The van der Waals surface area contributed by atoms with Gasteiger partial charge in [-0.05, 0) is 40.8 Å². The van der Waals surface area contributed by atoms with E-state index in [0.29, 0.717) is 3.57 Å². The van der Waals surface area contributed by atoms with E-state index in [0.717, 1.165) is 0 Å². The monoisotopic (exact) mass is 380 g/mol. The third kappa shape index (κ3) is 1.63. The van der Waals surface area contributed by atoms with Crippen LogP contribution in [0.2, 0.25) is 0 Å². The van der Waals surface area contributed by atoms with Gasteiger partial charge >= 0.3 is 0 Å². The number of phenols is 1.